The molecule has 0 amide bonds. The number of fused-ring (bicyclic) bond motifs is 1. The number of nitrogens with two attached hydrogens (primary N) is 1. The third-order valence-electron chi connectivity index (χ3n) is 3.15. The summed E-state index contributed by atoms with van der Waals surface area (Å²) in [6.07, 6.45) is 5.42. The third-order valence-corrected chi connectivity index (χ3v) is 3.15. The van der Waals surface area contributed by atoms with E-state index in [1.807, 2.05) is 42.8 Å². The standard InChI is InChI=1S/C15H16N4/c1-15(2,16)14-9-17-10-19(14)12-7-11-5-3-4-6-13(11)18-8-12/h3-10H,16H2,1-2H3. The molecule has 4 heteroatoms. The van der Waals surface area contributed by atoms with Gasteiger partial charge in [0, 0.05) is 5.39 Å². The number of hydrogen-bond donors (Lipinski definition) is 1. The SMILES string of the molecule is CC(C)(N)c1cncn1-c1cnc2ccccc2c1. The molecule has 0 aliphatic carbocycles. The highest BCUT2D eigenvalue weighted by Crippen LogP contribution is 2.22. The van der Waals surface area contributed by atoms with Crippen molar-refractivity contribution in [1.82, 2.24) is 14.5 Å². The first kappa shape index (κ1) is 11.9. The molecular weight excluding hydrogens is 236 g/mol. The monoisotopic (exact) mass is 252 g/mol. The normalized spacial score (nSPS) is 11.9. The first-order valence-electron chi connectivity index (χ1n) is 6.22. The maximum Gasteiger partial charge on any atom is 0.0995 e. The maximum atomic E-state index is 6.17. The van der Waals surface area contributed by atoms with Crippen LogP contribution in [0, 0.1) is 0 Å². The fourth-order valence-electron chi connectivity index (χ4n) is 2.17. The summed E-state index contributed by atoms with van der Waals surface area (Å²) in [4.78, 5) is 8.67. The number of para-hydroxylation sites is 1. The predicted molar refractivity (Wildman–Crippen MR) is 76.1 cm³/mol. The van der Waals surface area contributed by atoms with E-state index in [2.05, 4.69) is 22.1 Å². The second-order valence-electron chi connectivity index (χ2n) is 5.26. The van der Waals surface area contributed by atoms with Crippen molar-refractivity contribution in [1.29, 1.82) is 0 Å². The summed E-state index contributed by atoms with van der Waals surface area (Å²) in [7, 11) is 0. The second-order valence-corrected chi connectivity index (χ2v) is 5.26. The molecule has 4 nitrogen and oxygen atoms in total. The Morgan fingerprint density at radius 3 is 2.74 bits per heavy atom. The van der Waals surface area contributed by atoms with E-state index in [1.165, 1.54) is 0 Å². The van der Waals surface area contributed by atoms with E-state index in [1.54, 1.807) is 12.5 Å². The lowest BCUT2D eigenvalue weighted by atomic mass is 10.0. The molecule has 2 N–H and O–H groups in total. The van der Waals surface area contributed by atoms with Crippen molar-refractivity contribution < 1.29 is 0 Å². The second kappa shape index (κ2) is 4.17. The molecule has 0 aliphatic rings. The van der Waals surface area contributed by atoms with Crippen LogP contribution in [-0.2, 0) is 5.54 Å². The molecule has 0 atom stereocenters. The zero-order chi connectivity index (χ0) is 13.5. The smallest absolute Gasteiger partial charge is 0.0995 e. The molecule has 0 radical (unpaired) electrons. The number of aromatic nitrogens is 3. The average molecular weight is 252 g/mol. The Morgan fingerprint density at radius 1 is 1.16 bits per heavy atom. The highest BCUT2D eigenvalue weighted by atomic mass is 15.1. The Labute approximate surface area is 111 Å². The van der Waals surface area contributed by atoms with Crippen molar-refractivity contribution in [2.45, 2.75) is 19.4 Å². The van der Waals surface area contributed by atoms with E-state index in [4.69, 9.17) is 5.73 Å². The van der Waals surface area contributed by atoms with Crippen LogP contribution in [0.1, 0.15) is 19.5 Å². The quantitative estimate of drug-likeness (QED) is 0.762. The zero-order valence-electron chi connectivity index (χ0n) is 11.0. The highest BCUT2D eigenvalue weighted by molar-refractivity contribution is 5.80. The number of pyridine rings is 1. The molecule has 0 saturated heterocycles. The summed E-state index contributed by atoms with van der Waals surface area (Å²) in [5.41, 5.74) is 8.65. The maximum absolute atomic E-state index is 6.17. The summed E-state index contributed by atoms with van der Waals surface area (Å²) >= 11 is 0. The van der Waals surface area contributed by atoms with Crippen molar-refractivity contribution in [3.8, 4) is 5.69 Å². The number of nitrogens with zero attached hydrogens (tertiary/aromatic N) is 3. The van der Waals surface area contributed by atoms with Crippen molar-refractivity contribution in [2.75, 3.05) is 0 Å². The Balaban J connectivity index is 2.17. The largest absolute Gasteiger partial charge is 0.321 e. The van der Waals surface area contributed by atoms with Gasteiger partial charge in [-0.25, -0.2) is 4.98 Å². The van der Waals surface area contributed by atoms with Gasteiger partial charge in [-0.2, -0.15) is 0 Å². The van der Waals surface area contributed by atoms with E-state index in [0.29, 0.717) is 0 Å². The molecule has 19 heavy (non-hydrogen) atoms. The summed E-state index contributed by atoms with van der Waals surface area (Å²) in [6, 6.07) is 10.1. The lowest BCUT2D eigenvalue weighted by molar-refractivity contribution is 0.524. The van der Waals surface area contributed by atoms with Gasteiger partial charge in [0.05, 0.1) is 41.2 Å². The molecule has 3 rings (SSSR count). The van der Waals surface area contributed by atoms with Gasteiger partial charge in [0.2, 0.25) is 0 Å². The fourth-order valence-corrected chi connectivity index (χ4v) is 2.17. The first-order chi connectivity index (χ1) is 9.05. The Kier molecular flexibility index (Phi) is 2.61. The van der Waals surface area contributed by atoms with Crippen LogP contribution in [0.25, 0.3) is 16.6 Å². The number of rotatable bonds is 2. The molecule has 96 valence electrons. The summed E-state index contributed by atoms with van der Waals surface area (Å²) in [5.74, 6) is 0. The van der Waals surface area contributed by atoms with Crippen molar-refractivity contribution >= 4 is 10.9 Å². The molecule has 0 bridgehead atoms. The van der Waals surface area contributed by atoms with Crippen LogP contribution in [0.15, 0.2) is 49.1 Å². The van der Waals surface area contributed by atoms with Crippen molar-refractivity contribution in [3.05, 3.63) is 54.7 Å². The molecule has 1 aromatic carbocycles. The topological polar surface area (TPSA) is 56.7 Å². The van der Waals surface area contributed by atoms with Gasteiger partial charge < -0.3 is 5.73 Å². The van der Waals surface area contributed by atoms with Gasteiger partial charge in [-0.05, 0) is 26.0 Å². The van der Waals surface area contributed by atoms with E-state index in [-0.39, 0.29) is 0 Å². The van der Waals surface area contributed by atoms with Gasteiger partial charge in [-0.3, -0.25) is 9.55 Å². The number of benzene rings is 1. The van der Waals surface area contributed by atoms with Gasteiger partial charge in [0.15, 0.2) is 0 Å². The van der Waals surface area contributed by atoms with Crippen LogP contribution in [-0.4, -0.2) is 14.5 Å². The van der Waals surface area contributed by atoms with Crippen molar-refractivity contribution in [3.63, 3.8) is 0 Å². The summed E-state index contributed by atoms with van der Waals surface area (Å²) in [5, 5.41) is 1.11. The molecule has 0 fully saturated rings. The first-order valence-corrected chi connectivity index (χ1v) is 6.22. The lowest BCUT2D eigenvalue weighted by Crippen LogP contribution is -2.31. The van der Waals surface area contributed by atoms with Gasteiger partial charge in [-0.1, -0.05) is 18.2 Å². The molecular formula is C15H16N4. The van der Waals surface area contributed by atoms with Gasteiger partial charge in [-0.15, -0.1) is 0 Å². The van der Waals surface area contributed by atoms with E-state index in [9.17, 15) is 0 Å². The molecule has 3 aromatic rings. The fraction of sp³-hybridized carbons (Fsp3) is 0.200. The molecule has 0 unspecified atom stereocenters. The Morgan fingerprint density at radius 2 is 1.95 bits per heavy atom. The zero-order valence-corrected chi connectivity index (χ0v) is 11.0. The summed E-state index contributed by atoms with van der Waals surface area (Å²) in [6.45, 7) is 3.93. The average Bonchev–Trinajstić information content (AvgIpc) is 2.87. The molecule has 2 aromatic heterocycles. The predicted octanol–water partition coefficient (Wildman–Crippen LogP) is 2.61. The lowest BCUT2D eigenvalue weighted by Gasteiger charge is -2.20. The van der Waals surface area contributed by atoms with Crippen LogP contribution in [0.4, 0.5) is 0 Å². The van der Waals surface area contributed by atoms with Gasteiger partial charge >= 0.3 is 0 Å². The minimum absolute atomic E-state index is 0.442. The Hall–Kier alpha value is -2.20. The van der Waals surface area contributed by atoms with E-state index < -0.39 is 5.54 Å². The van der Waals surface area contributed by atoms with Crippen LogP contribution in [0.2, 0.25) is 0 Å². The molecule has 0 aliphatic heterocycles. The molecule has 0 spiro atoms. The number of hydrogen-bond acceptors (Lipinski definition) is 3. The van der Waals surface area contributed by atoms with Gasteiger partial charge in [0.1, 0.15) is 0 Å². The van der Waals surface area contributed by atoms with E-state index in [0.717, 1.165) is 22.3 Å². The van der Waals surface area contributed by atoms with E-state index >= 15 is 0 Å². The number of imidazole rings is 1. The summed E-state index contributed by atoms with van der Waals surface area (Å²) < 4.78 is 1.99. The minimum atomic E-state index is -0.442. The molecule has 0 saturated carbocycles. The van der Waals surface area contributed by atoms with Crippen LogP contribution < -0.4 is 5.73 Å². The highest BCUT2D eigenvalue weighted by Gasteiger charge is 2.19. The van der Waals surface area contributed by atoms with Crippen molar-refractivity contribution in [2.24, 2.45) is 5.73 Å². The van der Waals surface area contributed by atoms with Crippen LogP contribution in [0.3, 0.4) is 0 Å². The van der Waals surface area contributed by atoms with Gasteiger partial charge in [0.25, 0.3) is 0 Å². The van der Waals surface area contributed by atoms with Crippen LogP contribution >= 0.6 is 0 Å². The third kappa shape index (κ3) is 2.11. The molecule has 2 heterocycles. The van der Waals surface area contributed by atoms with Crippen LogP contribution in [0.5, 0.6) is 0 Å². The Bertz CT molecular complexity index is 722. The minimum Gasteiger partial charge on any atom is -0.321 e.